The molecular weight excluding hydrogens is 293 g/mol. The van der Waals surface area contributed by atoms with Crippen molar-refractivity contribution in [2.75, 3.05) is 18.5 Å². The second-order valence-corrected chi connectivity index (χ2v) is 5.83. The van der Waals surface area contributed by atoms with E-state index in [9.17, 15) is 4.39 Å². The van der Waals surface area contributed by atoms with Crippen LogP contribution in [0.3, 0.4) is 0 Å². The van der Waals surface area contributed by atoms with Crippen molar-refractivity contribution in [3.63, 3.8) is 0 Å². The number of hydrogen-bond acceptors (Lipinski definition) is 1. The van der Waals surface area contributed by atoms with Crippen LogP contribution in [0.1, 0.15) is 37.7 Å². The Labute approximate surface area is 118 Å². The highest BCUT2D eigenvalue weighted by atomic mass is 79.9. The summed E-state index contributed by atoms with van der Waals surface area (Å²) in [6, 6.07) is 5.33. The molecule has 100 valence electrons. The minimum atomic E-state index is -0.106. The van der Waals surface area contributed by atoms with Gasteiger partial charge in [0.25, 0.3) is 0 Å². The molecule has 2 rings (SSSR count). The van der Waals surface area contributed by atoms with Gasteiger partial charge in [-0.15, -0.1) is 0 Å². The van der Waals surface area contributed by atoms with Crippen molar-refractivity contribution in [3.8, 4) is 0 Å². The molecule has 0 heterocycles. The lowest BCUT2D eigenvalue weighted by molar-refractivity contribution is 0.361. The van der Waals surface area contributed by atoms with E-state index in [0.717, 1.165) is 23.7 Å². The molecule has 1 aromatic rings. The lowest BCUT2D eigenvalue weighted by Crippen LogP contribution is -2.28. The third-order valence-electron chi connectivity index (χ3n) is 3.85. The number of rotatable bonds is 4. The monoisotopic (exact) mass is 313 g/mol. The molecule has 1 fully saturated rings. The van der Waals surface area contributed by atoms with E-state index in [1.807, 2.05) is 13.1 Å². The molecule has 1 aliphatic rings. The van der Waals surface area contributed by atoms with Crippen LogP contribution in [0.2, 0.25) is 0 Å². The zero-order valence-electron chi connectivity index (χ0n) is 11.0. The summed E-state index contributed by atoms with van der Waals surface area (Å²) in [6.45, 7) is 0.973. The molecule has 0 saturated heterocycles. The average molecular weight is 314 g/mol. The molecule has 0 N–H and O–H groups in total. The fraction of sp³-hybridized carbons (Fsp3) is 0.600. The maximum Gasteiger partial charge on any atom is 0.146 e. The van der Waals surface area contributed by atoms with Gasteiger partial charge in [0.05, 0.1) is 5.69 Å². The summed E-state index contributed by atoms with van der Waals surface area (Å²) < 4.78 is 14.0. The second-order valence-electron chi connectivity index (χ2n) is 5.27. The van der Waals surface area contributed by atoms with Gasteiger partial charge in [0.1, 0.15) is 5.82 Å². The van der Waals surface area contributed by atoms with E-state index in [-0.39, 0.29) is 5.82 Å². The standard InChI is InChI=1S/C15H21BrFN/c1-18(11-12-6-3-2-4-7-12)15-13(10-16)8-5-9-14(15)17/h5,8-9,12H,2-4,6-7,10-11H2,1H3. The van der Waals surface area contributed by atoms with Crippen LogP contribution in [-0.2, 0) is 5.33 Å². The van der Waals surface area contributed by atoms with E-state index in [4.69, 9.17) is 0 Å². The predicted octanol–water partition coefficient (Wildman–Crippen LogP) is 4.74. The van der Waals surface area contributed by atoms with Gasteiger partial charge in [0.15, 0.2) is 0 Å². The molecule has 0 aliphatic heterocycles. The number of nitrogens with zero attached hydrogens (tertiary/aromatic N) is 1. The quantitative estimate of drug-likeness (QED) is 0.726. The Kier molecular flexibility index (Phi) is 5.04. The van der Waals surface area contributed by atoms with E-state index >= 15 is 0 Å². The molecule has 0 spiro atoms. The number of anilines is 1. The second kappa shape index (κ2) is 6.55. The van der Waals surface area contributed by atoms with Crippen LogP contribution in [0.4, 0.5) is 10.1 Å². The Bertz CT molecular complexity index is 388. The van der Waals surface area contributed by atoms with Crippen LogP contribution in [-0.4, -0.2) is 13.6 Å². The Hall–Kier alpha value is -0.570. The van der Waals surface area contributed by atoms with E-state index in [2.05, 4.69) is 20.8 Å². The van der Waals surface area contributed by atoms with Crippen LogP contribution in [0.5, 0.6) is 0 Å². The minimum Gasteiger partial charge on any atom is -0.372 e. The third-order valence-corrected chi connectivity index (χ3v) is 4.46. The van der Waals surface area contributed by atoms with Crippen molar-refractivity contribution < 1.29 is 4.39 Å². The van der Waals surface area contributed by atoms with Gasteiger partial charge in [-0.1, -0.05) is 47.3 Å². The molecule has 1 saturated carbocycles. The summed E-state index contributed by atoms with van der Waals surface area (Å²) in [5.74, 6) is 0.622. The SMILES string of the molecule is CN(CC1CCCCC1)c1c(F)cccc1CBr. The molecule has 0 radical (unpaired) electrons. The van der Waals surface area contributed by atoms with Gasteiger partial charge < -0.3 is 4.90 Å². The maximum atomic E-state index is 14.0. The summed E-state index contributed by atoms with van der Waals surface area (Å²) in [4.78, 5) is 2.10. The lowest BCUT2D eigenvalue weighted by Gasteiger charge is -2.29. The van der Waals surface area contributed by atoms with Gasteiger partial charge in [-0.2, -0.15) is 0 Å². The first-order valence-electron chi connectivity index (χ1n) is 6.77. The number of hydrogen-bond donors (Lipinski definition) is 0. The van der Waals surface area contributed by atoms with Crippen molar-refractivity contribution in [2.45, 2.75) is 37.4 Å². The molecule has 1 aromatic carbocycles. The Balaban J connectivity index is 2.09. The van der Waals surface area contributed by atoms with Crippen LogP contribution in [0.25, 0.3) is 0 Å². The first-order valence-corrected chi connectivity index (χ1v) is 7.89. The third kappa shape index (κ3) is 3.25. The zero-order chi connectivity index (χ0) is 13.0. The van der Waals surface area contributed by atoms with Gasteiger partial charge in [0.2, 0.25) is 0 Å². The van der Waals surface area contributed by atoms with Gasteiger partial charge >= 0.3 is 0 Å². The van der Waals surface area contributed by atoms with E-state index in [0.29, 0.717) is 5.33 Å². The molecule has 0 atom stereocenters. The normalized spacial score (nSPS) is 16.8. The van der Waals surface area contributed by atoms with Crippen LogP contribution >= 0.6 is 15.9 Å². The topological polar surface area (TPSA) is 3.24 Å². The Morgan fingerprint density at radius 1 is 1.28 bits per heavy atom. The van der Waals surface area contributed by atoms with Crippen molar-refractivity contribution in [2.24, 2.45) is 5.92 Å². The fourth-order valence-corrected chi connectivity index (χ4v) is 3.40. The Morgan fingerprint density at radius 2 is 2.00 bits per heavy atom. The summed E-state index contributed by atoms with van der Waals surface area (Å²) in [7, 11) is 2.01. The van der Waals surface area contributed by atoms with Gasteiger partial charge in [-0.25, -0.2) is 4.39 Å². The molecule has 0 bridgehead atoms. The van der Waals surface area contributed by atoms with Gasteiger partial charge in [-0.3, -0.25) is 0 Å². The predicted molar refractivity (Wildman–Crippen MR) is 78.9 cm³/mol. The van der Waals surface area contributed by atoms with Crippen molar-refractivity contribution >= 4 is 21.6 Å². The summed E-state index contributed by atoms with van der Waals surface area (Å²) in [5.41, 5.74) is 1.80. The van der Waals surface area contributed by atoms with Crippen LogP contribution in [0.15, 0.2) is 18.2 Å². The first kappa shape index (κ1) is 13.9. The molecule has 18 heavy (non-hydrogen) atoms. The zero-order valence-corrected chi connectivity index (χ0v) is 12.5. The van der Waals surface area contributed by atoms with E-state index < -0.39 is 0 Å². The highest BCUT2D eigenvalue weighted by Gasteiger charge is 2.18. The van der Waals surface area contributed by atoms with E-state index in [1.54, 1.807) is 12.1 Å². The fourth-order valence-electron chi connectivity index (χ4n) is 2.94. The highest BCUT2D eigenvalue weighted by Crippen LogP contribution is 2.29. The maximum absolute atomic E-state index is 14.0. The smallest absolute Gasteiger partial charge is 0.146 e. The Morgan fingerprint density at radius 3 is 2.67 bits per heavy atom. The van der Waals surface area contributed by atoms with Gasteiger partial charge in [-0.05, 0) is 30.4 Å². The van der Waals surface area contributed by atoms with Crippen LogP contribution in [0, 0.1) is 11.7 Å². The van der Waals surface area contributed by atoms with Crippen molar-refractivity contribution in [1.82, 2.24) is 0 Å². The summed E-state index contributed by atoms with van der Waals surface area (Å²) in [6.07, 6.45) is 6.62. The average Bonchev–Trinajstić information content (AvgIpc) is 2.39. The minimum absolute atomic E-state index is 0.106. The number of para-hydroxylation sites is 1. The molecule has 0 unspecified atom stereocenters. The first-order chi connectivity index (χ1) is 8.72. The summed E-state index contributed by atoms with van der Waals surface area (Å²) in [5, 5.41) is 0.703. The number of halogens is 2. The highest BCUT2D eigenvalue weighted by molar-refractivity contribution is 9.08. The van der Waals surface area contributed by atoms with Gasteiger partial charge in [0, 0.05) is 18.9 Å². The van der Waals surface area contributed by atoms with Crippen LogP contribution < -0.4 is 4.90 Å². The molecular formula is C15H21BrFN. The number of alkyl halides is 1. The number of benzene rings is 1. The molecule has 0 aromatic heterocycles. The van der Waals surface area contributed by atoms with E-state index in [1.165, 1.54) is 32.1 Å². The molecule has 3 heteroatoms. The molecule has 0 amide bonds. The molecule has 1 aliphatic carbocycles. The summed E-state index contributed by atoms with van der Waals surface area (Å²) >= 11 is 3.44. The molecule has 1 nitrogen and oxygen atoms in total. The van der Waals surface area contributed by atoms with Crippen molar-refractivity contribution in [3.05, 3.63) is 29.6 Å². The largest absolute Gasteiger partial charge is 0.372 e. The lowest BCUT2D eigenvalue weighted by atomic mass is 9.89. The van der Waals surface area contributed by atoms with Crippen molar-refractivity contribution in [1.29, 1.82) is 0 Å².